The topological polar surface area (TPSA) is 108 Å². The van der Waals surface area contributed by atoms with Crippen molar-refractivity contribution in [2.24, 2.45) is 0 Å². The second-order valence-corrected chi connectivity index (χ2v) is 12.9. The van der Waals surface area contributed by atoms with E-state index in [0.29, 0.717) is 0 Å². The van der Waals surface area contributed by atoms with Gasteiger partial charge in [0, 0.05) is 6.07 Å². The number of carbonyl (C=O) groups is 1. The fourth-order valence-corrected chi connectivity index (χ4v) is 8.57. The van der Waals surface area contributed by atoms with Crippen molar-refractivity contribution in [1.82, 2.24) is 0 Å². The minimum absolute atomic E-state index is 0.0142. The van der Waals surface area contributed by atoms with Crippen LogP contribution in [0.5, 0.6) is 17.2 Å². The van der Waals surface area contributed by atoms with Crippen LogP contribution in [0.15, 0.2) is 66.7 Å². The molecule has 3 rings (SSSR count). The van der Waals surface area contributed by atoms with Crippen LogP contribution in [0.4, 0.5) is 5.69 Å². The third-order valence-electron chi connectivity index (χ3n) is 5.67. The van der Waals surface area contributed by atoms with E-state index in [1.54, 1.807) is 0 Å². The summed E-state index contributed by atoms with van der Waals surface area (Å²) < 4.78 is 16.9. The number of methoxy groups -OCH3 is 2. The van der Waals surface area contributed by atoms with Crippen molar-refractivity contribution in [1.29, 1.82) is 0 Å². The first-order valence-electron chi connectivity index (χ1n) is 10.5. The van der Waals surface area contributed by atoms with Gasteiger partial charge < -0.3 is 19.0 Å². The summed E-state index contributed by atoms with van der Waals surface area (Å²) in [6, 6.07) is 20.6. The maximum atomic E-state index is 12.4. The van der Waals surface area contributed by atoms with Crippen LogP contribution in [0.25, 0.3) is 0 Å². The molecule has 0 heterocycles. The molecule has 3 aromatic carbocycles. The molecule has 0 radical (unpaired) electrons. The molecule has 3 aromatic rings. The second-order valence-electron chi connectivity index (χ2n) is 8.67. The summed E-state index contributed by atoms with van der Waals surface area (Å²) >= 11 is 0. The van der Waals surface area contributed by atoms with Crippen LogP contribution in [0.3, 0.4) is 0 Å². The molecular formula is C25H27NO7Si. The number of phenolic OH excluding ortho intramolecular Hbond substituents is 1. The van der Waals surface area contributed by atoms with Gasteiger partial charge in [-0.3, -0.25) is 10.1 Å². The molecule has 0 aliphatic heterocycles. The Morgan fingerprint density at radius 3 is 1.85 bits per heavy atom. The number of ether oxygens (including phenoxy) is 2. The lowest BCUT2D eigenvalue weighted by atomic mass is 10.1. The highest BCUT2D eigenvalue weighted by molar-refractivity contribution is 7.00. The minimum atomic E-state index is -3.19. The lowest BCUT2D eigenvalue weighted by molar-refractivity contribution is -0.386. The van der Waals surface area contributed by atoms with Gasteiger partial charge in [0.05, 0.1) is 19.1 Å². The van der Waals surface area contributed by atoms with Gasteiger partial charge in [-0.1, -0.05) is 81.4 Å². The zero-order valence-corrected chi connectivity index (χ0v) is 20.7. The first-order chi connectivity index (χ1) is 16.1. The zero-order valence-electron chi connectivity index (χ0n) is 19.7. The Hall–Kier alpha value is -3.85. The number of phenols is 1. The number of benzene rings is 3. The Morgan fingerprint density at radius 2 is 1.47 bits per heavy atom. The molecule has 0 fully saturated rings. The van der Waals surface area contributed by atoms with Crippen LogP contribution in [0.2, 0.25) is 5.04 Å². The molecule has 0 unspecified atom stereocenters. The molecule has 0 aliphatic carbocycles. The Morgan fingerprint density at radius 1 is 0.971 bits per heavy atom. The van der Waals surface area contributed by atoms with Gasteiger partial charge in [0.2, 0.25) is 11.5 Å². The van der Waals surface area contributed by atoms with Gasteiger partial charge >= 0.3 is 20.0 Å². The quantitative estimate of drug-likeness (QED) is 0.235. The molecule has 1 N–H and O–H groups in total. The number of aromatic hydroxyl groups is 1. The second kappa shape index (κ2) is 9.56. The monoisotopic (exact) mass is 481 g/mol. The van der Waals surface area contributed by atoms with E-state index in [1.807, 2.05) is 60.7 Å². The molecule has 178 valence electrons. The normalized spacial score (nSPS) is 11.6. The molecule has 0 bridgehead atoms. The van der Waals surface area contributed by atoms with Crippen LogP contribution >= 0.6 is 0 Å². The van der Waals surface area contributed by atoms with E-state index in [-0.39, 0.29) is 11.5 Å². The van der Waals surface area contributed by atoms with Crippen molar-refractivity contribution in [2.75, 3.05) is 14.2 Å². The molecule has 0 saturated heterocycles. The highest BCUT2D eigenvalue weighted by atomic mass is 28.4. The van der Waals surface area contributed by atoms with E-state index in [1.165, 1.54) is 13.2 Å². The van der Waals surface area contributed by atoms with E-state index < -0.39 is 41.2 Å². The van der Waals surface area contributed by atoms with E-state index in [2.05, 4.69) is 20.8 Å². The summed E-state index contributed by atoms with van der Waals surface area (Å²) in [5, 5.41) is 23.9. The highest BCUT2D eigenvalue weighted by Crippen LogP contribution is 2.48. The van der Waals surface area contributed by atoms with E-state index in [4.69, 9.17) is 13.9 Å². The zero-order chi connectivity index (χ0) is 25.1. The van der Waals surface area contributed by atoms with Gasteiger partial charge in [-0.2, -0.15) is 0 Å². The summed E-state index contributed by atoms with van der Waals surface area (Å²) in [5.74, 6) is -1.99. The molecular weight excluding hydrogens is 454 g/mol. The fourth-order valence-electron chi connectivity index (χ4n) is 4.15. The molecule has 0 aromatic heterocycles. The summed E-state index contributed by atoms with van der Waals surface area (Å²) in [4.78, 5) is 23.3. The maximum absolute atomic E-state index is 12.4. The summed E-state index contributed by atoms with van der Waals surface area (Å²) in [6.07, 6.45) is 0. The van der Waals surface area contributed by atoms with E-state index in [9.17, 15) is 20.0 Å². The largest absolute Gasteiger partial charge is 0.531 e. The van der Waals surface area contributed by atoms with Crippen molar-refractivity contribution in [3.05, 3.63) is 82.4 Å². The van der Waals surface area contributed by atoms with Crippen LogP contribution in [-0.4, -0.2) is 38.5 Å². The van der Waals surface area contributed by atoms with Gasteiger partial charge in [-0.05, 0) is 15.4 Å². The summed E-state index contributed by atoms with van der Waals surface area (Å²) in [7, 11) is -0.807. The molecule has 34 heavy (non-hydrogen) atoms. The molecule has 0 amide bonds. The van der Waals surface area contributed by atoms with Crippen LogP contribution in [0.1, 0.15) is 31.1 Å². The number of carbonyl (C=O) groups excluding carboxylic acids is 1. The van der Waals surface area contributed by atoms with Crippen molar-refractivity contribution >= 4 is 30.3 Å². The number of esters is 1. The summed E-state index contributed by atoms with van der Waals surface area (Å²) in [5.41, 5.74) is -1.24. The molecule has 9 heteroatoms. The van der Waals surface area contributed by atoms with Gasteiger partial charge in [0.25, 0.3) is 0 Å². The third kappa shape index (κ3) is 4.22. The van der Waals surface area contributed by atoms with Crippen molar-refractivity contribution in [2.45, 2.75) is 25.8 Å². The number of hydrogen-bond acceptors (Lipinski definition) is 7. The molecule has 0 saturated carbocycles. The van der Waals surface area contributed by atoms with E-state index in [0.717, 1.165) is 17.5 Å². The maximum Gasteiger partial charge on any atom is 0.345 e. The standard InChI is InChI=1S/C25H27NO7Si/c1-25(2,3)34(17-12-8-6-9-13-17,18-14-10-7-11-15-18)33-20-16-19(24(28)32-5)21(26(29)30)22(27)23(20)31-4/h6-16,27H,1-5H3. The Labute approximate surface area is 199 Å². The van der Waals surface area contributed by atoms with E-state index >= 15 is 0 Å². The Kier molecular flexibility index (Phi) is 6.97. The number of nitrogens with zero attached hydrogens (tertiary/aromatic N) is 1. The van der Waals surface area contributed by atoms with Crippen LogP contribution in [0, 0.1) is 10.1 Å². The fraction of sp³-hybridized carbons (Fsp3) is 0.240. The average molecular weight is 482 g/mol. The van der Waals surface area contributed by atoms with Gasteiger partial charge in [-0.15, -0.1) is 0 Å². The highest BCUT2D eigenvalue weighted by Gasteiger charge is 2.53. The molecule has 8 nitrogen and oxygen atoms in total. The third-order valence-corrected chi connectivity index (χ3v) is 10.6. The van der Waals surface area contributed by atoms with Gasteiger partial charge in [-0.25, -0.2) is 4.79 Å². The van der Waals surface area contributed by atoms with Crippen molar-refractivity contribution in [3.63, 3.8) is 0 Å². The predicted molar refractivity (Wildman–Crippen MR) is 131 cm³/mol. The number of rotatable bonds is 7. The first kappa shape index (κ1) is 24.8. The minimum Gasteiger partial charge on any atom is -0.531 e. The van der Waals surface area contributed by atoms with Crippen molar-refractivity contribution in [3.8, 4) is 17.2 Å². The van der Waals surface area contributed by atoms with Crippen LogP contribution < -0.4 is 19.5 Å². The van der Waals surface area contributed by atoms with Crippen molar-refractivity contribution < 1.29 is 28.7 Å². The predicted octanol–water partition coefficient (Wildman–Crippen LogP) is 4.03. The lowest BCUT2D eigenvalue weighted by Crippen LogP contribution is -2.68. The average Bonchev–Trinajstić information content (AvgIpc) is 2.81. The number of nitro benzene ring substituents is 1. The first-order valence-corrected chi connectivity index (χ1v) is 12.5. The smallest absolute Gasteiger partial charge is 0.345 e. The number of hydrogen-bond donors (Lipinski definition) is 1. The number of nitro groups is 1. The SMILES string of the molecule is COC(=O)c1cc(O[Si](c2ccccc2)(c2ccccc2)C(C)(C)C)c(OC)c(O)c1[N+](=O)[O-]. The van der Waals surface area contributed by atoms with Crippen LogP contribution in [-0.2, 0) is 4.74 Å². The molecule has 0 aliphatic rings. The lowest BCUT2D eigenvalue weighted by Gasteiger charge is -2.43. The Balaban J connectivity index is 2.40. The van der Waals surface area contributed by atoms with Gasteiger partial charge in [0.1, 0.15) is 5.56 Å². The molecule has 0 spiro atoms. The summed E-state index contributed by atoms with van der Waals surface area (Å²) in [6.45, 7) is 6.16. The Bertz CT molecular complexity index is 1150. The molecule has 0 atom stereocenters. The van der Waals surface area contributed by atoms with Gasteiger partial charge in [0.15, 0.2) is 5.75 Å².